The SMILES string of the molecule is NCCCNC/C=C\CCNCC#CO. The predicted molar refractivity (Wildman–Crippen MR) is 62.9 cm³/mol. The van der Waals surface area contributed by atoms with Crippen molar-refractivity contribution in [3.8, 4) is 12.0 Å². The fraction of sp³-hybridized carbons (Fsp3) is 0.636. The molecule has 0 atom stereocenters. The third kappa shape index (κ3) is 13.0. The van der Waals surface area contributed by atoms with Crippen LogP contribution in [0.5, 0.6) is 0 Å². The topological polar surface area (TPSA) is 70.3 Å². The molecule has 0 aromatic heterocycles. The summed E-state index contributed by atoms with van der Waals surface area (Å²) in [5.41, 5.74) is 5.35. The van der Waals surface area contributed by atoms with Crippen molar-refractivity contribution < 1.29 is 5.11 Å². The standard InChI is InChI=1S/C11H21N3O/c12-6-4-9-13-7-2-1-3-8-14-10-5-11-15/h1-2,13-15H,3-4,6-10,12H2/b2-1-. The summed E-state index contributed by atoms with van der Waals surface area (Å²) in [7, 11) is 0. The summed E-state index contributed by atoms with van der Waals surface area (Å²) < 4.78 is 0. The minimum Gasteiger partial charge on any atom is -0.462 e. The molecule has 0 amide bonds. The van der Waals surface area contributed by atoms with E-state index in [1.807, 2.05) is 6.11 Å². The summed E-state index contributed by atoms with van der Waals surface area (Å²) in [6.07, 6.45) is 8.08. The minimum atomic E-state index is 0.541. The van der Waals surface area contributed by atoms with Crippen LogP contribution >= 0.6 is 0 Å². The molecule has 0 aliphatic rings. The maximum absolute atomic E-state index is 8.18. The lowest BCUT2D eigenvalue weighted by Gasteiger charge is -1.98. The Labute approximate surface area is 91.9 Å². The minimum absolute atomic E-state index is 0.541. The van der Waals surface area contributed by atoms with Gasteiger partial charge in [0.1, 0.15) is 6.11 Å². The van der Waals surface area contributed by atoms with Crippen LogP contribution in [0.3, 0.4) is 0 Å². The van der Waals surface area contributed by atoms with Gasteiger partial charge in [-0.05, 0) is 38.4 Å². The maximum Gasteiger partial charge on any atom is 0.108 e. The van der Waals surface area contributed by atoms with E-state index in [0.717, 1.165) is 39.0 Å². The Morgan fingerprint density at radius 3 is 2.80 bits per heavy atom. The van der Waals surface area contributed by atoms with Gasteiger partial charge in [-0.25, -0.2) is 0 Å². The molecule has 5 N–H and O–H groups in total. The van der Waals surface area contributed by atoms with Crippen molar-refractivity contribution in [3.63, 3.8) is 0 Å². The summed E-state index contributed by atoms with van der Waals surface area (Å²) >= 11 is 0. The molecule has 0 unspecified atom stereocenters. The van der Waals surface area contributed by atoms with Gasteiger partial charge in [-0.15, -0.1) is 0 Å². The summed E-state index contributed by atoms with van der Waals surface area (Å²) in [4.78, 5) is 0. The molecule has 0 heterocycles. The van der Waals surface area contributed by atoms with Crippen molar-refractivity contribution in [2.75, 3.05) is 32.7 Å². The molecule has 0 radical (unpaired) electrons. The van der Waals surface area contributed by atoms with Crippen molar-refractivity contribution in [2.45, 2.75) is 12.8 Å². The van der Waals surface area contributed by atoms with E-state index in [1.54, 1.807) is 0 Å². The first-order valence-electron chi connectivity index (χ1n) is 5.30. The van der Waals surface area contributed by atoms with E-state index in [9.17, 15) is 0 Å². The third-order valence-corrected chi connectivity index (χ3v) is 1.77. The van der Waals surface area contributed by atoms with Gasteiger partial charge in [-0.3, -0.25) is 0 Å². The van der Waals surface area contributed by atoms with E-state index < -0.39 is 0 Å². The van der Waals surface area contributed by atoms with Crippen LogP contribution in [0.4, 0.5) is 0 Å². The Balaban J connectivity index is 3.06. The first-order chi connectivity index (χ1) is 7.41. The molecule has 0 saturated heterocycles. The van der Waals surface area contributed by atoms with Gasteiger partial charge in [0.05, 0.1) is 6.54 Å². The molecule has 0 saturated carbocycles. The maximum atomic E-state index is 8.18. The van der Waals surface area contributed by atoms with Gasteiger partial charge >= 0.3 is 0 Å². The lowest BCUT2D eigenvalue weighted by Crippen LogP contribution is -2.18. The molecular formula is C11H21N3O. The first kappa shape index (κ1) is 14.0. The van der Waals surface area contributed by atoms with E-state index in [0.29, 0.717) is 6.54 Å². The number of nitrogens with two attached hydrogens (primary N) is 1. The number of nitrogens with one attached hydrogen (secondary N) is 2. The molecule has 0 aliphatic heterocycles. The second-order valence-electron chi connectivity index (χ2n) is 3.07. The van der Waals surface area contributed by atoms with Crippen LogP contribution < -0.4 is 16.4 Å². The van der Waals surface area contributed by atoms with Gasteiger partial charge in [-0.2, -0.15) is 0 Å². The van der Waals surface area contributed by atoms with Crippen LogP contribution in [0.15, 0.2) is 12.2 Å². The average Bonchev–Trinajstić information content (AvgIpc) is 2.26. The van der Waals surface area contributed by atoms with Crippen LogP contribution in [-0.2, 0) is 0 Å². The van der Waals surface area contributed by atoms with E-state index in [-0.39, 0.29) is 0 Å². The quantitative estimate of drug-likeness (QED) is 0.242. The second-order valence-corrected chi connectivity index (χ2v) is 3.07. The van der Waals surface area contributed by atoms with Gasteiger partial charge < -0.3 is 21.5 Å². The molecule has 4 heteroatoms. The molecule has 0 spiro atoms. The van der Waals surface area contributed by atoms with E-state index >= 15 is 0 Å². The Morgan fingerprint density at radius 2 is 2.07 bits per heavy atom. The fourth-order valence-electron chi connectivity index (χ4n) is 0.989. The molecular weight excluding hydrogens is 190 g/mol. The zero-order valence-electron chi connectivity index (χ0n) is 9.13. The van der Waals surface area contributed by atoms with Crippen LogP contribution in [0.2, 0.25) is 0 Å². The summed E-state index contributed by atoms with van der Waals surface area (Å²) in [6.45, 7) is 4.04. The van der Waals surface area contributed by atoms with Crippen LogP contribution in [0.1, 0.15) is 12.8 Å². The molecule has 0 aliphatic carbocycles. The zero-order valence-corrected chi connectivity index (χ0v) is 9.13. The first-order valence-corrected chi connectivity index (χ1v) is 5.30. The lowest BCUT2D eigenvalue weighted by molar-refractivity contribution is 0.516. The van der Waals surface area contributed by atoms with E-state index in [1.165, 1.54) is 0 Å². The van der Waals surface area contributed by atoms with Crippen LogP contribution in [0.25, 0.3) is 0 Å². The number of aliphatic hydroxyl groups excluding tert-OH is 1. The highest BCUT2D eigenvalue weighted by molar-refractivity contribution is 4.92. The van der Waals surface area contributed by atoms with Gasteiger partial charge in [0, 0.05) is 6.54 Å². The van der Waals surface area contributed by atoms with Crippen molar-refractivity contribution >= 4 is 0 Å². The Kier molecular flexibility index (Phi) is 12.1. The van der Waals surface area contributed by atoms with Crippen molar-refractivity contribution in [2.24, 2.45) is 5.73 Å². The summed E-state index contributed by atoms with van der Waals surface area (Å²) in [5, 5.41) is 14.5. The molecule has 4 nitrogen and oxygen atoms in total. The second kappa shape index (κ2) is 13.0. The van der Waals surface area contributed by atoms with Gasteiger partial charge in [-0.1, -0.05) is 12.2 Å². The molecule has 0 aromatic rings. The highest BCUT2D eigenvalue weighted by Crippen LogP contribution is 1.79. The fourth-order valence-corrected chi connectivity index (χ4v) is 0.989. The van der Waals surface area contributed by atoms with Gasteiger partial charge in [0.15, 0.2) is 0 Å². The molecule has 0 aromatic carbocycles. The third-order valence-electron chi connectivity index (χ3n) is 1.77. The zero-order chi connectivity index (χ0) is 11.2. The summed E-state index contributed by atoms with van der Waals surface area (Å²) in [5.74, 6) is 2.52. The van der Waals surface area contributed by atoms with Gasteiger partial charge in [0.2, 0.25) is 0 Å². The van der Waals surface area contributed by atoms with Crippen LogP contribution in [-0.4, -0.2) is 37.8 Å². The molecule has 0 fully saturated rings. The number of hydrogen-bond donors (Lipinski definition) is 4. The largest absolute Gasteiger partial charge is 0.462 e. The van der Waals surface area contributed by atoms with Gasteiger partial charge in [0.25, 0.3) is 0 Å². The van der Waals surface area contributed by atoms with E-state index in [4.69, 9.17) is 10.8 Å². The Bertz CT molecular complexity index is 206. The van der Waals surface area contributed by atoms with E-state index in [2.05, 4.69) is 28.7 Å². The molecule has 15 heavy (non-hydrogen) atoms. The van der Waals surface area contributed by atoms with Crippen molar-refractivity contribution in [1.29, 1.82) is 0 Å². The molecule has 0 bridgehead atoms. The smallest absolute Gasteiger partial charge is 0.108 e. The predicted octanol–water partition coefficient (Wildman–Crippen LogP) is -0.206. The Hall–Kier alpha value is -1.02. The highest BCUT2D eigenvalue weighted by atomic mass is 16.2. The van der Waals surface area contributed by atoms with Crippen molar-refractivity contribution in [1.82, 2.24) is 10.6 Å². The molecule has 0 rings (SSSR count). The number of aliphatic hydroxyl groups is 1. The monoisotopic (exact) mass is 211 g/mol. The number of hydrogen-bond acceptors (Lipinski definition) is 4. The average molecular weight is 211 g/mol. The lowest BCUT2D eigenvalue weighted by atomic mass is 10.3. The normalized spacial score (nSPS) is 10.2. The van der Waals surface area contributed by atoms with Crippen molar-refractivity contribution in [3.05, 3.63) is 12.2 Å². The molecule has 86 valence electrons. The number of rotatable bonds is 9. The highest BCUT2D eigenvalue weighted by Gasteiger charge is 1.83. The summed E-state index contributed by atoms with van der Waals surface area (Å²) in [6, 6.07) is 0. The Morgan fingerprint density at radius 1 is 1.20 bits per heavy atom. The van der Waals surface area contributed by atoms with Crippen LogP contribution in [0, 0.1) is 12.0 Å².